The highest BCUT2D eigenvalue weighted by Crippen LogP contribution is 2.21. The Balaban J connectivity index is 1.79. The van der Waals surface area contributed by atoms with Gasteiger partial charge in [-0.1, -0.05) is 12.1 Å². The molecule has 0 amide bonds. The van der Waals surface area contributed by atoms with Crippen LogP contribution < -0.4 is 0 Å². The molecule has 1 fully saturated rings. The molecule has 0 bridgehead atoms. The van der Waals surface area contributed by atoms with Gasteiger partial charge in [0.1, 0.15) is 24.1 Å². The summed E-state index contributed by atoms with van der Waals surface area (Å²) in [5.74, 6) is 0.200. The molecule has 21 heavy (non-hydrogen) atoms. The second-order valence-electron chi connectivity index (χ2n) is 5.51. The highest BCUT2D eigenvalue weighted by atomic mass is 16.5. The molecule has 1 unspecified atom stereocenters. The van der Waals surface area contributed by atoms with Crippen molar-refractivity contribution >= 4 is 0 Å². The lowest BCUT2D eigenvalue weighted by Crippen LogP contribution is -2.53. The summed E-state index contributed by atoms with van der Waals surface area (Å²) < 4.78 is 5.26. The van der Waals surface area contributed by atoms with Crippen molar-refractivity contribution in [2.45, 2.75) is 49.8 Å². The Hall–Kier alpha value is -1.18. The van der Waals surface area contributed by atoms with Gasteiger partial charge in [-0.15, -0.1) is 0 Å². The summed E-state index contributed by atoms with van der Waals surface area (Å²) in [7, 11) is 0. The highest BCUT2D eigenvalue weighted by Gasteiger charge is 2.38. The summed E-state index contributed by atoms with van der Waals surface area (Å²) in [4.78, 5) is 0. The summed E-state index contributed by atoms with van der Waals surface area (Å²) >= 11 is 0. The standard InChI is InChI=1S/C15H22O6/c16-10-4-1-9(2-5-10)3-6-11(17)7-13-15(20)14(19)12(18)8-21-13/h1-2,4-5,11-20H,3,6-8H2/t11?,12-,13-,14+,15+/m1/s1. The predicted octanol–water partition coefficient (Wildman–Crippen LogP) is -0.443. The smallest absolute Gasteiger partial charge is 0.115 e. The molecule has 0 spiro atoms. The minimum absolute atomic E-state index is 0.0480. The zero-order valence-corrected chi connectivity index (χ0v) is 11.7. The van der Waals surface area contributed by atoms with Crippen LogP contribution in [-0.2, 0) is 11.2 Å². The molecule has 0 radical (unpaired) electrons. The van der Waals surface area contributed by atoms with Crippen molar-refractivity contribution in [2.75, 3.05) is 6.61 Å². The Morgan fingerprint density at radius 1 is 1.10 bits per heavy atom. The van der Waals surface area contributed by atoms with Crippen molar-refractivity contribution in [1.29, 1.82) is 0 Å². The minimum atomic E-state index is -1.24. The maximum Gasteiger partial charge on any atom is 0.115 e. The number of hydrogen-bond acceptors (Lipinski definition) is 6. The molecule has 1 saturated heterocycles. The topological polar surface area (TPSA) is 110 Å². The molecule has 2 rings (SSSR count). The molecule has 0 aliphatic carbocycles. The molecule has 1 heterocycles. The predicted molar refractivity (Wildman–Crippen MR) is 74.8 cm³/mol. The summed E-state index contributed by atoms with van der Waals surface area (Å²) in [5, 5.41) is 47.9. The molecular formula is C15H22O6. The van der Waals surface area contributed by atoms with Crippen molar-refractivity contribution in [1.82, 2.24) is 0 Å². The minimum Gasteiger partial charge on any atom is -0.508 e. The number of phenols is 1. The van der Waals surface area contributed by atoms with Gasteiger partial charge in [-0.05, 0) is 30.5 Å². The number of benzene rings is 1. The maximum atomic E-state index is 10.0. The van der Waals surface area contributed by atoms with Crippen molar-refractivity contribution in [2.24, 2.45) is 0 Å². The fraction of sp³-hybridized carbons (Fsp3) is 0.600. The zero-order valence-electron chi connectivity index (χ0n) is 11.7. The van der Waals surface area contributed by atoms with Gasteiger partial charge in [0.05, 0.1) is 18.8 Å². The molecule has 1 aromatic rings. The molecular weight excluding hydrogens is 276 g/mol. The van der Waals surface area contributed by atoms with Crippen LogP contribution in [0.5, 0.6) is 5.75 Å². The van der Waals surface area contributed by atoms with E-state index in [9.17, 15) is 25.5 Å². The van der Waals surface area contributed by atoms with Gasteiger partial charge in [-0.2, -0.15) is 0 Å². The summed E-state index contributed by atoms with van der Waals surface area (Å²) in [6, 6.07) is 6.75. The Morgan fingerprint density at radius 3 is 2.43 bits per heavy atom. The quantitative estimate of drug-likeness (QED) is 0.504. The van der Waals surface area contributed by atoms with Gasteiger partial charge in [0.2, 0.25) is 0 Å². The fourth-order valence-corrected chi connectivity index (χ4v) is 2.46. The maximum absolute atomic E-state index is 10.0. The summed E-state index contributed by atoms with van der Waals surface area (Å²) in [5.41, 5.74) is 0.993. The largest absolute Gasteiger partial charge is 0.508 e. The number of ether oxygens (including phenoxy) is 1. The van der Waals surface area contributed by atoms with E-state index in [-0.39, 0.29) is 18.8 Å². The van der Waals surface area contributed by atoms with E-state index in [2.05, 4.69) is 0 Å². The molecule has 5 N–H and O–H groups in total. The molecule has 0 saturated carbocycles. The van der Waals surface area contributed by atoms with Crippen LogP contribution in [0.3, 0.4) is 0 Å². The van der Waals surface area contributed by atoms with Crippen LogP contribution in [0.4, 0.5) is 0 Å². The van der Waals surface area contributed by atoms with E-state index in [1.54, 1.807) is 24.3 Å². The Morgan fingerprint density at radius 2 is 1.76 bits per heavy atom. The number of aromatic hydroxyl groups is 1. The SMILES string of the molecule is Oc1ccc(CCC(O)C[C@H]2OC[C@@H](O)[C@H](O)[C@H]2O)cc1. The number of aliphatic hydroxyl groups excluding tert-OH is 4. The first-order valence-electron chi connectivity index (χ1n) is 7.09. The third kappa shape index (κ3) is 4.39. The first-order valence-corrected chi connectivity index (χ1v) is 7.09. The van der Waals surface area contributed by atoms with Gasteiger partial charge in [-0.25, -0.2) is 0 Å². The van der Waals surface area contributed by atoms with Crippen LogP contribution in [0.25, 0.3) is 0 Å². The number of rotatable bonds is 5. The van der Waals surface area contributed by atoms with Gasteiger partial charge in [-0.3, -0.25) is 0 Å². The van der Waals surface area contributed by atoms with Crippen molar-refractivity contribution in [3.63, 3.8) is 0 Å². The van der Waals surface area contributed by atoms with E-state index in [0.717, 1.165) is 5.56 Å². The molecule has 1 aromatic carbocycles. The lowest BCUT2D eigenvalue weighted by atomic mass is 9.94. The molecule has 1 aliphatic rings. The molecule has 0 aromatic heterocycles. The van der Waals surface area contributed by atoms with E-state index in [1.165, 1.54) is 0 Å². The lowest BCUT2D eigenvalue weighted by molar-refractivity contribution is -0.193. The number of aliphatic hydroxyl groups is 4. The molecule has 5 atom stereocenters. The van der Waals surface area contributed by atoms with Gasteiger partial charge < -0.3 is 30.3 Å². The fourth-order valence-electron chi connectivity index (χ4n) is 2.46. The first-order chi connectivity index (χ1) is 9.97. The van der Waals surface area contributed by atoms with Gasteiger partial charge in [0.25, 0.3) is 0 Å². The lowest BCUT2D eigenvalue weighted by Gasteiger charge is -2.36. The van der Waals surface area contributed by atoms with E-state index >= 15 is 0 Å². The van der Waals surface area contributed by atoms with Gasteiger partial charge in [0, 0.05) is 6.42 Å². The van der Waals surface area contributed by atoms with E-state index in [4.69, 9.17) is 4.74 Å². The van der Waals surface area contributed by atoms with Gasteiger partial charge >= 0.3 is 0 Å². The Bertz CT molecular complexity index is 434. The molecule has 118 valence electrons. The second-order valence-corrected chi connectivity index (χ2v) is 5.51. The molecule has 6 nitrogen and oxygen atoms in total. The zero-order chi connectivity index (χ0) is 15.4. The van der Waals surface area contributed by atoms with Crippen LogP contribution in [0.15, 0.2) is 24.3 Å². The first kappa shape index (κ1) is 16.2. The third-order valence-corrected chi connectivity index (χ3v) is 3.81. The van der Waals surface area contributed by atoms with Crippen LogP contribution in [0.1, 0.15) is 18.4 Å². The average molecular weight is 298 g/mol. The van der Waals surface area contributed by atoms with Crippen LogP contribution >= 0.6 is 0 Å². The Kier molecular flexibility index (Phi) is 5.55. The molecule has 6 heteroatoms. The highest BCUT2D eigenvalue weighted by molar-refractivity contribution is 5.25. The summed E-state index contributed by atoms with van der Waals surface area (Å²) in [6.07, 6.45) is -3.58. The van der Waals surface area contributed by atoms with Crippen LogP contribution in [0, 0.1) is 0 Å². The Labute approximate surface area is 123 Å². The second kappa shape index (κ2) is 7.20. The van der Waals surface area contributed by atoms with Crippen LogP contribution in [-0.4, -0.2) is 62.7 Å². The monoisotopic (exact) mass is 298 g/mol. The van der Waals surface area contributed by atoms with Crippen molar-refractivity contribution in [3.05, 3.63) is 29.8 Å². The van der Waals surface area contributed by atoms with Crippen molar-refractivity contribution in [3.8, 4) is 5.75 Å². The number of phenolic OH excluding ortho intramolecular Hbond substituents is 1. The normalized spacial score (nSPS) is 31.0. The third-order valence-electron chi connectivity index (χ3n) is 3.81. The summed E-state index contributed by atoms with van der Waals surface area (Å²) in [6.45, 7) is -0.0480. The van der Waals surface area contributed by atoms with E-state index in [0.29, 0.717) is 12.8 Å². The van der Waals surface area contributed by atoms with Crippen molar-refractivity contribution < 1.29 is 30.3 Å². The molecule has 1 aliphatic heterocycles. The number of hydrogen-bond donors (Lipinski definition) is 5. The van der Waals surface area contributed by atoms with E-state index in [1.807, 2.05) is 0 Å². The van der Waals surface area contributed by atoms with Gasteiger partial charge in [0.15, 0.2) is 0 Å². The average Bonchev–Trinajstić information content (AvgIpc) is 2.47. The van der Waals surface area contributed by atoms with Crippen LogP contribution in [0.2, 0.25) is 0 Å². The van der Waals surface area contributed by atoms with E-state index < -0.39 is 30.5 Å². The number of aryl methyl sites for hydroxylation is 1.